The Balaban J connectivity index is 2.23. The Labute approximate surface area is 119 Å². The number of nitrogens with one attached hydrogen (secondary N) is 2. The zero-order valence-electron chi connectivity index (χ0n) is 10.8. The predicted octanol–water partition coefficient (Wildman–Crippen LogP) is 3.60. The van der Waals surface area contributed by atoms with E-state index >= 15 is 0 Å². The van der Waals surface area contributed by atoms with Crippen LogP contribution in [-0.2, 0) is 0 Å². The summed E-state index contributed by atoms with van der Waals surface area (Å²) >= 11 is 5.81. The van der Waals surface area contributed by atoms with Gasteiger partial charge in [0.25, 0.3) is 5.91 Å². The van der Waals surface area contributed by atoms with Crippen molar-refractivity contribution >= 4 is 23.2 Å². The van der Waals surface area contributed by atoms with Crippen molar-refractivity contribution in [1.29, 1.82) is 0 Å². The molecule has 1 aliphatic rings. The number of alkyl halides is 3. The van der Waals surface area contributed by atoms with Crippen molar-refractivity contribution in [1.82, 2.24) is 5.32 Å². The van der Waals surface area contributed by atoms with Crippen molar-refractivity contribution in [3.63, 3.8) is 0 Å². The lowest BCUT2D eigenvalue weighted by molar-refractivity contribution is -0.163. The number of hydrogen-bond acceptors (Lipinski definition) is 2. The molecule has 0 saturated heterocycles. The summed E-state index contributed by atoms with van der Waals surface area (Å²) in [6.45, 7) is 2.38. The van der Waals surface area contributed by atoms with Gasteiger partial charge in [0.2, 0.25) is 0 Å². The van der Waals surface area contributed by atoms with Crippen LogP contribution in [0.5, 0.6) is 0 Å². The molecular formula is C13H14ClF3N2O. The van der Waals surface area contributed by atoms with Crippen LogP contribution >= 0.6 is 11.6 Å². The van der Waals surface area contributed by atoms with Gasteiger partial charge in [0.05, 0.1) is 5.56 Å². The van der Waals surface area contributed by atoms with Crippen molar-refractivity contribution in [2.45, 2.75) is 31.5 Å². The summed E-state index contributed by atoms with van der Waals surface area (Å²) in [6, 6.07) is 4.52. The summed E-state index contributed by atoms with van der Waals surface area (Å²) in [6.07, 6.45) is -4.60. The standard InChI is InChI=1S/C13H14ClF3N2O/c1-2-18-10-4-3-8(14)7-9(10)11(20)19-12(5-6-12)13(15,16)17/h3-4,7,18H,2,5-6H2,1H3,(H,19,20). The molecule has 2 N–H and O–H groups in total. The monoisotopic (exact) mass is 306 g/mol. The quantitative estimate of drug-likeness (QED) is 0.892. The van der Waals surface area contributed by atoms with E-state index in [1.165, 1.54) is 6.07 Å². The molecule has 1 aromatic carbocycles. The topological polar surface area (TPSA) is 41.1 Å². The molecule has 110 valence electrons. The minimum atomic E-state index is -4.43. The molecule has 0 aromatic heterocycles. The second-order valence-electron chi connectivity index (χ2n) is 4.75. The molecule has 0 heterocycles. The van der Waals surface area contributed by atoms with Gasteiger partial charge in [-0.2, -0.15) is 13.2 Å². The number of rotatable bonds is 4. The lowest BCUT2D eigenvalue weighted by atomic mass is 10.1. The molecule has 0 atom stereocenters. The summed E-state index contributed by atoms with van der Waals surface area (Å²) in [4.78, 5) is 12.1. The third-order valence-electron chi connectivity index (χ3n) is 3.24. The van der Waals surface area contributed by atoms with Gasteiger partial charge in [0.15, 0.2) is 0 Å². The van der Waals surface area contributed by atoms with Gasteiger partial charge in [0, 0.05) is 17.3 Å². The van der Waals surface area contributed by atoms with Gasteiger partial charge in [-0.15, -0.1) is 0 Å². The van der Waals surface area contributed by atoms with E-state index in [0.29, 0.717) is 17.3 Å². The fourth-order valence-corrected chi connectivity index (χ4v) is 2.11. The van der Waals surface area contributed by atoms with E-state index in [9.17, 15) is 18.0 Å². The Kier molecular flexibility index (Phi) is 3.86. The largest absolute Gasteiger partial charge is 0.411 e. The molecule has 2 rings (SSSR count). The van der Waals surface area contributed by atoms with Crippen LogP contribution in [0.3, 0.4) is 0 Å². The summed E-state index contributed by atoms with van der Waals surface area (Å²) in [5.41, 5.74) is -1.49. The molecular weight excluding hydrogens is 293 g/mol. The Morgan fingerprint density at radius 3 is 2.55 bits per heavy atom. The van der Waals surface area contributed by atoms with Gasteiger partial charge in [0.1, 0.15) is 5.54 Å². The van der Waals surface area contributed by atoms with Crippen molar-refractivity contribution in [2.24, 2.45) is 0 Å². The van der Waals surface area contributed by atoms with Gasteiger partial charge >= 0.3 is 6.18 Å². The fourth-order valence-electron chi connectivity index (χ4n) is 1.94. The molecule has 3 nitrogen and oxygen atoms in total. The van der Waals surface area contributed by atoms with E-state index in [-0.39, 0.29) is 18.4 Å². The lowest BCUT2D eigenvalue weighted by Gasteiger charge is -2.21. The first-order valence-electron chi connectivity index (χ1n) is 6.22. The van der Waals surface area contributed by atoms with E-state index < -0.39 is 17.6 Å². The molecule has 0 bridgehead atoms. The minimum absolute atomic E-state index is 0.0840. The maximum absolute atomic E-state index is 12.8. The van der Waals surface area contributed by atoms with Crippen molar-refractivity contribution in [3.05, 3.63) is 28.8 Å². The maximum atomic E-state index is 12.8. The van der Waals surface area contributed by atoms with E-state index in [1.807, 2.05) is 6.92 Å². The van der Waals surface area contributed by atoms with Crippen LogP contribution in [0, 0.1) is 0 Å². The molecule has 20 heavy (non-hydrogen) atoms. The molecule has 0 unspecified atom stereocenters. The third kappa shape index (κ3) is 2.85. The second-order valence-corrected chi connectivity index (χ2v) is 5.19. The highest BCUT2D eigenvalue weighted by Gasteiger charge is 2.64. The Morgan fingerprint density at radius 1 is 1.40 bits per heavy atom. The van der Waals surface area contributed by atoms with Crippen LogP contribution in [0.4, 0.5) is 18.9 Å². The number of carbonyl (C=O) groups is 1. The highest BCUT2D eigenvalue weighted by atomic mass is 35.5. The second kappa shape index (κ2) is 5.16. The number of benzene rings is 1. The summed E-state index contributed by atoms with van der Waals surface area (Å²) in [5.74, 6) is -0.765. The summed E-state index contributed by atoms with van der Waals surface area (Å²) < 4.78 is 38.5. The Hall–Kier alpha value is -1.43. The van der Waals surface area contributed by atoms with Crippen LogP contribution in [0.2, 0.25) is 5.02 Å². The Bertz CT molecular complexity index is 527. The van der Waals surface area contributed by atoms with Crippen molar-refractivity contribution < 1.29 is 18.0 Å². The van der Waals surface area contributed by atoms with Gasteiger partial charge < -0.3 is 10.6 Å². The molecule has 1 aromatic rings. The lowest BCUT2D eigenvalue weighted by Crippen LogP contribution is -2.48. The van der Waals surface area contributed by atoms with Crippen LogP contribution in [0.1, 0.15) is 30.1 Å². The molecule has 0 radical (unpaired) electrons. The van der Waals surface area contributed by atoms with Gasteiger partial charge in [-0.25, -0.2) is 0 Å². The highest BCUT2D eigenvalue weighted by molar-refractivity contribution is 6.31. The minimum Gasteiger partial charge on any atom is -0.385 e. The zero-order valence-corrected chi connectivity index (χ0v) is 11.5. The van der Waals surface area contributed by atoms with Gasteiger partial charge in [-0.3, -0.25) is 4.79 Å². The highest BCUT2D eigenvalue weighted by Crippen LogP contribution is 2.49. The molecule has 0 aliphatic heterocycles. The molecule has 0 spiro atoms. The van der Waals surface area contributed by atoms with Crippen LogP contribution in [0.25, 0.3) is 0 Å². The number of amides is 1. The van der Waals surface area contributed by atoms with E-state index in [0.717, 1.165) is 0 Å². The van der Waals surface area contributed by atoms with Crippen molar-refractivity contribution in [2.75, 3.05) is 11.9 Å². The maximum Gasteiger partial charge on any atom is 0.411 e. The first-order valence-corrected chi connectivity index (χ1v) is 6.59. The first kappa shape index (κ1) is 15.0. The van der Waals surface area contributed by atoms with Gasteiger partial charge in [-0.1, -0.05) is 11.6 Å². The van der Waals surface area contributed by atoms with Crippen LogP contribution in [0.15, 0.2) is 18.2 Å². The fraction of sp³-hybridized carbons (Fsp3) is 0.462. The molecule has 1 saturated carbocycles. The molecule has 7 heteroatoms. The average molecular weight is 307 g/mol. The van der Waals surface area contributed by atoms with E-state index in [2.05, 4.69) is 10.6 Å². The SMILES string of the molecule is CCNc1ccc(Cl)cc1C(=O)NC1(C(F)(F)F)CC1. The number of halogens is 4. The summed E-state index contributed by atoms with van der Waals surface area (Å²) in [5, 5.41) is 5.32. The van der Waals surface area contributed by atoms with Crippen molar-refractivity contribution in [3.8, 4) is 0 Å². The normalized spacial score (nSPS) is 16.6. The molecule has 1 aliphatic carbocycles. The van der Waals surface area contributed by atoms with Crippen LogP contribution in [-0.4, -0.2) is 24.2 Å². The zero-order chi connectivity index (χ0) is 15.0. The first-order chi connectivity index (χ1) is 9.29. The predicted molar refractivity (Wildman–Crippen MR) is 71.1 cm³/mol. The smallest absolute Gasteiger partial charge is 0.385 e. The number of carbonyl (C=O) groups excluding carboxylic acids is 1. The molecule has 1 fully saturated rings. The van der Waals surface area contributed by atoms with E-state index in [1.54, 1.807) is 12.1 Å². The number of anilines is 1. The van der Waals surface area contributed by atoms with Crippen LogP contribution < -0.4 is 10.6 Å². The van der Waals surface area contributed by atoms with E-state index in [4.69, 9.17) is 11.6 Å². The Morgan fingerprint density at radius 2 is 2.05 bits per heavy atom. The third-order valence-corrected chi connectivity index (χ3v) is 3.47. The van der Waals surface area contributed by atoms with Gasteiger partial charge in [-0.05, 0) is 38.0 Å². The average Bonchev–Trinajstić information content (AvgIpc) is 3.12. The number of hydrogen-bond donors (Lipinski definition) is 2. The summed E-state index contributed by atoms with van der Waals surface area (Å²) in [7, 11) is 0. The molecule has 1 amide bonds.